The van der Waals surface area contributed by atoms with E-state index in [4.69, 9.17) is 45.0 Å². The first-order valence-electron chi connectivity index (χ1n) is 20.0. The van der Waals surface area contributed by atoms with Gasteiger partial charge in [-0.2, -0.15) is 0 Å². The summed E-state index contributed by atoms with van der Waals surface area (Å²) in [5.41, 5.74) is 4.55. The summed E-state index contributed by atoms with van der Waals surface area (Å²) in [6.07, 6.45) is 0.872. The fourth-order valence-corrected chi connectivity index (χ4v) is 8.67. The first-order chi connectivity index (χ1) is 30.6. The summed E-state index contributed by atoms with van der Waals surface area (Å²) >= 11 is 8.52. The lowest BCUT2D eigenvalue weighted by Gasteiger charge is -2.26. The fourth-order valence-electron chi connectivity index (χ4n) is 7.31. The van der Waals surface area contributed by atoms with Gasteiger partial charge in [0.2, 0.25) is 12.0 Å². The predicted molar refractivity (Wildman–Crippen MR) is 238 cm³/mol. The van der Waals surface area contributed by atoms with Gasteiger partial charge in [0.1, 0.15) is 59.3 Å². The molecule has 0 saturated carbocycles. The Kier molecular flexibility index (Phi) is 13.3. The number of para-hydroxylation sites is 1. The minimum absolute atomic E-state index is 0.0362. The Morgan fingerprint density at radius 1 is 0.984 bits per heavy atom. The lowest BCUT2D eigenvalue weighted by molar-refractivity contribution is -0.145. The van der Waals surface area contributed by atoms with Gasteiger partial charge >= 0.3 is 5.97 Å². The summed E-state index contributed by atoms with van der Waals surface area (Å²) in [5.74, 6) is 0.798. The maximum Gasteiger partial charge on any atom is 0.345 e. The molecule has 0 spiro atoms. The summed E-state index contributed by atoms with van der Waals surface area (Å²) < 4.78 is 51.0. The van der Waals surface area contributed by atoms with Crippen LogP contribution >= 0.6 is 22.9 Å². The Hall–Kier alpha value is -6.39. The van der Waals surface area contributed by atoms with Crippen LogP contribution in [0, 0.1) is 12.7 Å². The highest BCUT2D eigenvalue weighted by Gasteiger charge is 2.29. The molecule has 7 aromatic rings. The van der Waals surface area contributed by atoms with Crippen LogP contribution in [-0.4, -0.2) is 95.7 Å². The molecular formula is C47H43ClFN5O8S. The molecular weight excluding hydrogens is 849 g/mol. The van der Waals surface area contributed by atoms with Crippen LogP contribution in [0.2, 0.25) is 5.02 Å². The quantitative estimate of drug-likeness (QED) is 0.125. The van der Waals surface area contributed by atoms with Crippen molar-refractivity contribution in [2.45, 2.75) is 32.2 Å². The highest BCUT2D eigenvalue weighted by atomic mass is 35.5. The first-order valence-corrected chi connectivity index (χ1v) is 21.2. The van der Waals surface area contributed by atoms with E-state index < -0.39 is 18.2 Å². The average molecular weight is 892 g/mol. The van der Waals surface area contributed by atoms with Gasteiger partial charge in [-0.25, -0.2) is 29.1 Å². The molecule has 0 fully saturated rings. The number of thiophene rings is 1. The number of fused-ring (bicyclic) bond motifs is 7. The van der Waals surface area contributed by atoms with Crippen molar-refractivity contribution < 1.29 is 42.7 Å². The van der Waals surface area contributed by atoms with Crippen LogP contribution in [-0.2, 0) is 22.6 Å². The number of rotatable bonds is 12. The third-order valence-corrected chi connectivity index (χ3v) is 12.1. The number of benzene rings is 4. The molecule has 0 aliphatic carbocycles. The molecule has 3 aromatic heterocycles. The van der Waals surface area contributed by atoms with Gasteiger partial charge in [-0.15, -0.1) is 11.3 Å². The summed E-state index contributed by atoms with van der Waals surface area (Å²) in [4.78, 5) is 34.8. The number of ether oxygens (including phenoxy) is 6. The molecule has 16 heteroatoms. The molecule has 0 amide bonds. The van der Waals surface area contributed by atoms with Crippen LogP contribution in [0.5, 0.6) is 28.9 Å². The number of aromatic nitrogens is 4. The summed E-state index contributed by atoms with van der Waals surface area (Å²) in [7, 11) is 5.20. The van der Waals surface area contributed by atoms with Crippen molar-refractivity contribution in [3.05, 3.63) is 125 Å². The van der Waals surface area contributed by atoms with Crippen molar-refractivity contribution in [1.29, 1.82) is 0 Å². The standard InChI is InChI=1S/C47H43ClFN5O8S/c1-27-34-14-16-38(42(27)48)61-33(23-54(2)19-20-57-3)25-59-32-13-15-36(60-24-31-17-18-50-44(53-31)35-7-5-6-8-37(35)58-4)29(21-32)22-39(47(55)56)62-45-41-40(34)43(63-46(41)52-26-51-45)28-9-11-30(49)12-10-28/h5-18,21,26,33,39H,19-20,22-25H2,1-4H3,(H,55,56)/t33-,39-/m1/s1. The second kappa shape index (κ2) is 19.3. The van der Waals surface area contributed by atoms with E-state index in [2.05, 4.69) is 19.9 Å². The number of methoxy groups -OCH3 is 2. The van der Waals surface area contributed by atoms with E-state index >= 15 is 0 Å². The van der Waals surface area contributed by atoms with Gasteiger partial charge in [0.25, 0.3) is 0 Å². The van der Waals surface area contributed by atoms with Crippen LogP contribution in [0.25, 0.3) is 43.2 Å². The second-order valence-electron chi connectivity index (χ2n) is 14.8. The molecule has 324 valence electrons. The summed E-state index contributed by atoms with van der Waals surface area (Å²) in [5, 5.41) is 11.6. The minimum Gasteiger partial charge on any atom is -0.496 e. The van der Waals surface area contributed by atoms with Gasteiger partial charge in [0.15, 0.2) is 5.82 Å². The van der Waals surface area contributed by atoms with E-state index in [0.29, 0.717) is 97.3 Å². The van der Waals surface area contributed by atoms with Gasteiger partial charge in [0.05, 0.1) is 35.4 Å². The maximum absolute atomic E-state index is 14.2. The smallest absolute Gasteiger partial charge is 0.345 e. The number of likely N-dealkylation sites (N-methyl/N-ethyl adjacent to an activating group) is 1. The number of aliphatic carboxylic acids is 1. The van der Waals surface area contributed by atoms with Gasteiger partial charge in [0, 0.05) is 48.8 Å². The molecule has 2 aliphatic rings. The molecule has 9 rings (SSSR count). The number of nitrogens with zero attached hydrogens (tertiary/aromatic N) is 5. The highest BCUT2D eigenvalue weighted by Crippen LogP contribution is 2.49. The Bertz CT molecular complexity index is 2760. The molecule has 63 heavy (non-hydrogen) atoms. The van der Waals surface area contributed by atoms with Crippen molar-refractivity contribution in [2.75, 3.05) is 47.6 Å². The van der Waals surface area contributed by atoms with Crippen LogP contribution in [0.15, 0.2) is 97.5 Å². The van der Waals surface area contributed by atoms with Gasteiger partial charge in [-0.3, -0.25) is 0 Å². The number of carboxylic acids is 1. The third kappa shape index (κ3) is 9.66. The number of hydrogen-bond acceptors (Lipinski definition) is 13. The van der Waals surface area contributed by atoms with Gasteiger partial charge < -0.3 is 38.4 Å². The van der Waals surface area contributed by atoms with Crippen LogP contribution in [0.3, 0.4) is 0 Å². The number of halogens is 2. The zero-order valence-corrected chi connectivity index (χ0v) is 36.4. The molecule has 0 unspecified atom stereocenters. The second-order valence-corrected chi connectivity index (χ2v) is 16.2. The average Bonchev–Trinajstić information content (AvgIpc) is 3.68. The van der Waals surface area contributed by atoms with E-state index in [1.54, 1.807) is 62.9 Å². The lowest BCUT2D eigenvalue weighted by atomic mass is 9.96. The monoisotopic (exact) mass is 891 g/mol. The minimum atomic E-state index is -1.45. The maximum atomic E-state index is 14.2. The lowest BCUT2D eigenvalue weighted by Crippen LogP contribution is -2.38. The van der Waals surface area contributed by atoms with Crippen molar-refractivity contribution in [1.82, 2.24) is 24.8 Å². The molecule has 1 N–H and O–H groups in total. The summed E-state index contributed by atoms with van der Waals surface area (Å²) in [6, 6.07) is 24.3. The van der Waals surface area contributed by atoms with E-state index in [1.807, 2.05) is 44.3 Å². The molecule has 4 bridgehead atoms. The molecule has 4 aromatic carbocycles. The number of hydrogen-bond donors (Lipinski definition) is 1. The van der Waals surface area contributed by atoms with E-state index in [1.165, 1.54) is 29.8 Å². The van der Waals surface area contributed by atoms with Crippen LogP contribution < -0.4 is 23.7 Å². The zero-order valence-electron chi connectivity index (χ0n) is 34.8. The molecule has 2 atom stereocenters. The molecule has 2 aliphatic heterocycles. The zero-order chi connectivity index (χ0) is 44.0. The largest absolute Gasteiger partial charge is 0.496 e. The summed E-state index contributed by atoms with van der Waals surface area (Å²) in [6.45, 7) is 3.65. The Balaban J connectivity index is 1.23. The SMILES string of the molecule is COCCN(C)C[C@@H]1COc2ccc(OCc3ccnc(-c4ccccc4OC)n3)c(c2)C[C@H](C(=O)O)Oc2ncnc3sc(-c4ccc(F)cc4)c(c23)-c2ccc(c(Cl)c2C)O1. The van der Waals surface area contributed by atoms with E-state index in [9.17, 15) is 14.3 Å². The fraction of sp³-hybridized carbons (Fsp3) is 0.255. The normalized spacial score (nSPS) is 15.0. The van der Waals surface area contributed by atoms with Crippen LogP contribution in [0.4, 0.5) is 4.39 Å². The predicted octanol–water partition coefficient (Wildman–Crippen LogP) is 8.96. The Morgan fingerprint density at radius 2 is 1.81 bits per heavy atom. The number of carboxylic acid groups (broad SMARTS) is 1. The Labute approximate surface area is 372 Å². The van der Waals surface area contributed by atoms with E-state index in [0.717, 1.165) is 10.4 Å². The van der Waals surface area contributed by atoms with Gasteiger partial charge in [-0.05, 0) is 85.3 Å². The van der Waals surface area contributed by atoms with Crippen LogP contribution in [0.1, 0.15) is 16.8 Å². The molecule has 13 nitrogen and oxygen atoms in total. The molecule has 5 heterocycles. The number of carbonyl (C=O) groups is 1. The molecule has 0 radical (unpaired) electrons. The van der Waals surface area contributed by atoms with Crippen molar-refractivity contribution in [3.63, 3.8) is 0 Å². The third-order valence-electron chi connectivity index (χ3n) is 10.5. The first kappa shape index (κ1) is 43.3. The van der Waals surface area contributed by atoms with Crippen molar-refractivity contribution in [3.8, 4) is 61.8 Å². The van der Waals surface area contributed by atoms with Crippen molar-refractivity contribution >= 4 is 39.1 Å². The topological polar surface area (TPSA) is 147 Å². The van der Waals surface area contributed by atoms with E-state index in [-0.39, 0.29) is 31.3 Å². The van der Waals surface area contributed by atoms with Gasteiger partial charge in [-0.1, -0.05) is 41.9 Å². The van der Waals surface area contributed by atoms with Crippen molar-refractivity contribution in [2.24, 2.45) is 0 Å². The molecule has 0 saturated heterocycles. The highest BCUT2D eigenvalue weighted by molar-refractivity contribution is 7.22. The Morgan fingerprint density at radius 3 is 2.60 bits per heavy atom.